The molecule has 5 heteroatoms. The highest BCUT2D eigenvalue weighted by Gasteiger charge is 2.41. The van der Waals surface area contributed by atoms with Crippen molar-refractivity contribution in [3.8, 4) is 0 Å². The fourth-order valence-electron chi connectivity index (χ4n) is 2.53. The molecule has 3 nitrogen and oxygen atoms in total. The van der Waals surface area contributed by atoms with Crippen molar-refractivity contribution >= 4 is 29.0 Å². The van der Waals surface area contributed by atoms with Gasteiger partial charge in [0.25, 0.3) is 0 Å². The van der Waals surface area contributed by atoms with Gasteiger partial charge in [-0.05, 0) is 34.6 Å². The minimum Gasteiger partial charge on any atom is -0.320 e. The van der Waals surface area contributed by atoms with Crippen LogP contribution in [0, 0.1) is 5.92 Å². The van der Waals surface area contributed by atoms with E-state index in [4.69, 9.17) is 0 Å². The number of hydrogen-bond donors (Lipinski definition) is 1. The first-order valence-corrected chi connectivity index (χ1v) is 9.43. The number of nitrogens with zero attached hydrogens (tertiary/aromatic N) is 1. The lowest BCUT2D eigenvalue weighted by Gasteiger charge is -2.26. The van der Waals surface area contributed by atoms with E-state index >= 15 is 0 Å². The summed E-state index contributed by atoms with van der Waals surface area (Å²) in [5.41, 5.74) is 1.21. The van der Waals surface area contributed by atoms with Gasteiger partial charge in [0.15, 0.2) is 0 Å². The maximum atomic E-state index is 12.7. The van der Waals surface area contributed by atoms with Gasteiger partial charge in [-0.3, -0.25) is 10.1 Å². The molecule has 1 saturated heterocycles. The van der Waals surface area contributed by atoms with Gasteiger partial charge in [-0.15, -0.1) is 0 Å². The lowest BCUT2D eigenvalue weighted by Crippen LogP contribution is -2.37. The predicted molar refractivity (Wildman–Crippen MR) is 88.1 cm³/mol. The summed E-state index contributed by atoms with van der Waals surface area (Å²) >= 11 is 3.50. The monoisotopic (exact) mass is 312 g/mol. The Morgan fingerprint density at radius 3 is 2.80 bits per heavy atom. The summed E-state index contributed by atoms with van der Waals surface area (Å²) in [7, 11) is 0. The van der Waals surface area contributed by atoms with E-state index < -0.39 is 0 Å². The molecule has 4 atom stereocenters. The lowest BCUT2D eigenvalue weighted by atomic mass is 9.99. The van der Waals surface area contributed by atoms with Crippen molar-refractivity contribution in [3.63, 3.8) is 0 Å². The molecule has 1 amide bonds. The molecule has 1 aliphatic rings. The summed E-state index contributed by atoms with van der Waals surface area (Å²) in [4.78, 5) is 14.7. The summed E-state index contributed by atoms with van der Waals surface area (Å²) in [5.74, 6) is 0.634. The number of thioether (sulfide) groups is 1. The quantitative estimate of drug-likeness (QED) is 0.874. The first kappa shape index (κ1) is 15.9. The molecule has 2 rings (SSSR count). The Morgan fingerprint density at radius 1 is 1.50 bits per heavy atom. The van der Waals surface area contributed by atoms with Gasteiger partial charge in [0, 0.05) is 11.8 Å². The molecule has 0 radical (unpaired) electrons. The van der Waals surface area contributed by atoms with Crippen LogP contribution in [-0.4, -0.2) is 34.9 Å². The zero-order chi connectivity index (χ0) is 14.7. The van der Waals surface area contributed by atoms with Crippen LogP contribution in [0.1, 0.15) is 38.9 Å². The fourth-order valence-corrected chi connectivity index (χ4v) is 3.52. The Kier molecular flexibility index (Phi) is 5.52. The van der Waals surface area contributed by atoms with Crippen LogP contribution in [0.5, 0.6) is 0 Å². The number of hydrogen-bond acceptors (Lipinski definition) is 4. The van der Waals surface area contributed by atoms with Crippen LogP contribution in [0.3, 0.4) is 0 Å². The van der Waals surface area contributed by atoms with Gasteiger partial charge < -0.3 is 4.90 Å². The second-order valence-corrected chi connectivity index (χ2v) is 7.58. The van der Waals surface area contributed by atoms with Crippen LogP contribution in [0.4, 0.5) is 0 Å². The highest BCUT2D eigenvalue weighted by molar-refractivity contribution is 7.99. The average Bonchev–Trinajstić information content (AvgIpc) is 3.07. The largest absolute Gasteiger partial charge is 0.320 e. The van der Waals surface area contributed by atoms with Gasteiger partial charge in [-0.2, -0.15) is 23.1 Å². The molecule has 0 saturated carbocycles. The van der Waals surface area contributed by atoms with Gasteiger partial charge in [-0.1, -0.05) is 27.2 Å². The third-order valence-electron chi connectivity index (χ3n) is 4.13. The van der Waals surface area contributed by atoms with Crippen molar-refractivity contribution in [1.29, 1.82) is 0 Å². The Hall–Kier alpha value is -0.520. The number of thiophene rings is 1. The summed E-state index contributed by atoms with van der Waals surface area (Å²) in [5, 5.41) is 8.22. The van der Waals surface area contributed by atoms with Gasteiger partial charge >= 0.3 is 0 Å². The van der Waals surface area contributed by atoms with E-state index in [-0.39, 0.29) is 18.1 Å². The number of rotatable bonds is 6. The fraction of sp³-hybridized carbons (Fsp3) is 0.667. The molecular formula is C15H24N2OS2. The highest BCUT2D eigenvalue weighted by atomic mass is 32.2. The smallest absolute Gasteiger partial charge is 0.241 e. The van der Waals surface area contributed by atoms with Crippen LogP contribution in [-0.2, 0) is 4.79 Å². The van der Waals surface area contributed by atoms with Crippen molar-refractivity contribution in [1.82, 2.24) is 10.2 Å². The van der Waals surface area contributed by atoms with Crippen molar-refractivity contribution in [3.05, 3.63) is 22.4 Å². The van der Waals surface area contributed by atoms with Gasteiger partial charge in [0.05, 0.1) is 6.04 Å². The molecule has 4 unspecified atom stereocenters. The van der Waals surface area contributed by atoms with Gasteiger partial charge in [0.2, 0.25) is 5.91 Å². The van der Waals surface area contributed by atoms with Crippen molar-refractivity contribution in [2.24, 2.45) is 5.92 Å². The summed E-state index contributed by atoms with van der Waals surface area (Å²) in [6, 6.07) is 2.07. The third-order valence-corrected chi connectivity index (χ3v) is 5.78. The number of carbonyl (C=O) groups is 1. The zero-order valence-electron chi connectivity index (χ0n) is 12.6. The maximum Gasteiger partial charge on any atom is 0.241 e. The minimum atomic E-state index is -0.0426. The van der Waals surface area contributed by atoms with E-state index in [1.54, 1.807) is 11.3 Å². The molecule has 0 bridgehead atoms. The Morgan fingerprint density at radius 2 is 2.25 bits per heavy atom. The topological polar surface area (TPSA) is 32.3 Å². The summed E-state index contributed by atoms with van der Waals surface area (Å²) in [6.45, 7) is 7.29. The normalized spacial score (nSPS) is 26.0. The van der Waals surface area contributed by atoms with Crippen LogP contribution >= 0.6 is 23.1 Å². The Balaban J connectivity index is 2.21. The SMILES string of the molecule is CCC(C)C1NC(c2ccsc2)N(CC(C)SC)C1=O. The number of amides is 1. The molecule has 1 fully saturated rings. The lowest BCUT2D eigenvalue weighted by molar-refractivity contribution is -0.130. The first-order chi connectivity index (χ1) is 9.58. The van der Waals surface area contributed by atoms with Crippen LogP contribution in [0.15, 0.2) is 16.8 Å². The molecule has 20 heavy (non-hydrogen) atoms. The molecule has 1 aromatic rings. The molecule has 1 aromatic heterocycles. The molecule has 1 aliphatic heterocycles. The van der Waals surface area contributed by atoms with Crippen LogP contribution in [0.25, 0.3) is 0 Å². The average molecular weight is 313 g/mol. The molecule has 1 N–H and O–H groups in total. The van der Waals surface area contributed by atoms with E-state index in [1.165, 1.54) is 5.56 Å². The van der Waals surface area contributed by atoms with Crippen molar-refractivity contribution < 1.29 is 4.79 Å². The Labute approximate surface area is 130 Å². The highest BCUT2D eigenvalue weighted by Crippen LogP contribution is 2.31. The Bertz CT molecular complexity index is 435. The molecule has 0 aromatic carbocycles. The molecule has 112 valence electrons. The van der Waals surface area contributed by atoms with E-state index in [9.17, 15) is 4.79 Å². The molecular weight excluding hydrogens is 288 g/mol. The zero-order valence-corrected chi connectivity index (χ0v) is 14.3. The van der Waals surface area contributed by atoms with E-state index in [0.717, 1.165) is 13.0 Å². The molecule has 0 spiro atoms. The number of carbonyl (C=O) groups excluding carboxylic acids is 1. The van der Waals surface area contributed by atoms with Crippen LogP contribution < -0.4 is 5.32 Å². The second kappa shape index (κ2) is 6.96. The van der Waals surface area contributed by atoms with E-state index in [2.05, 4.69) is 49.2 Å². The van der Waals surface area contributed by atoms with Crippen LogP contribution in [0.2, 0.25) is 0 Å². The van der Waals surface area contributed by atoms with Crippen molar-refractivity contribution in [2.75, 3.05) is 12.8 Å². The summed E-state index contributed by atoms with van der Waals surface area (Å²) in [6.07, 6.45) is 3.16. The maximum absolute atomic E-state index is 12.7. The molecule has 2 heterocycles. The number of nitrogens with one attached hydrogen (secondary N) is 1. The third kappa shape index (κ3) is 3.21. The van der Waals surface area contributed by atoms with Gasteiger partial charge in [0.1, 0.15) is 6.17 Å². The summed E-state index contributed by atoms with van der Waals surface area (Å²) < 4.78 is 0. The van der Waals surface area contributed by atoms with Gasteiger partial charge in [-0.25, -0.2) is 0 Å². The second-order valence-electron chi connectivity index (χ2n) is 5.53. The first-order valence-electron chi connectivity index (χ1n) is 7.19. The standard InChI is InChI=1S/C15H24N2OS2/c1-5-10(2)13-15(18)17(8-11(3)19-4)14(16-13)12-6-7-20-9-12/h6-7,9-11,13-14,16H,5,8H2,1-4H3. The van der Waals surface area contributed by atoms with E-state index in [1.807, 2.05) is 16.7 Å². The predicted octanol–water partition coefficient (Wildman–Crippen LogP) is 3.34. The molecule has 0 aliphatic carbocycles. The minimum absolute atomic E-state index is 0.0426. The van der Waals surface area contributed by atoms with Crippen molar-refractivity contribution in [2.45, 2.75) is 44.6 Å². The van der Waals surface area contributed by atoms with E-state index in [0.29, 0.717) is 11.2 Å².